The van der Waals surface area contributed by atoms with Gasteiger partial charge in [0.15, 0.2) is 11.6 Å². The molecule has 0 aliphatic carbocycles. The fourth-order valence-electron chi connectivity index (χ4n) is 4.30. The maximum Gasteiger partial charge on any atom is 0.274 e. The van der Waals surface area contributed by atoms with Crippen molar-refractivity contribution in [3.05, 3.63) is 70.3 Å². The third-order valence-corrected chi connectivity index (χ3v) is 6.27. The van der Waals surface area contributed by atoms with E-state index in [0.717, 1.165) is 37.1 Å². The number of rotatable bonds is 4. The largest absolute Gasteiger partial charge is 0.494 e. The van der Waals surface area contributed by atoms with Gasteiger partial charge in [-0.25, -0.2) is 4.39 Å². The molecule has 164 valence electrons. The quantitative estimate of drug-likeness (QED) is 0.585. The van der Waals surface area contributed by atoms with Gasteiger partial charge < -0.3 is 14.2 Å². The smallest absolute Gasteiger partial charge is 0.274 e. The molecule has 0 atom stereocenters. The molecule has 6 heteroatoms. The van der Waals surface area contributed by atoms with Crippen molar-refractivity contribution in [2.45, 2.75) is 19.8 Å². The van der Waals surface area contributed by atoms with Gasteiger partial charge in [0, 0.05) is 31.3 Å². The van der Waals surface area contributed by atoms with E-state index in [9.17, 15) is 14.4 Å². The van der Waals surface area contributed by atoms with Gasteiger partial charge in [-0.3, -0.25) is 4.79 Å². The predicted octanol–water partition coefficient (Wildman–Crippen LogP) is 4.97. The summed E-state index contributed by atoms with van der Waals surface area (Å²) < 4.78 is 21.2. The number of hydrogen-bond donors (Lipinski definition) is 0. The average molecular weight is 432 g/mol. The molecule has 0 amide bonds. The zero-order chi connectivity index (χ0) is 22.8. The van der Waals surface area contributed by atoms with Crippen LogP contribution in [0.1, 0.15) is 25.3 Å². The summed E-state index contributed by atoms with van der Waals surface area (Å²) in [5.41, 5.74) is 3.98. The normalized spacial score (nSPS) is 14.3. The highest BCUT2D eigenvalue weighted by Gasteiger charge is 2.23. The highest BCUT2D eigenvalue weighted by Crippen LogP contribution is 2.35. The fourth-order valence-corrected chi connectivity index (χ4v) is 4.30. The molecule has 1 fully saturated rings. The van der Waals surface area contributed by atoms with Gasteiger partial charge in [-0.05, 0) is 60.7 Å². The first-order valence-electron chi connectivity index (χ1n) is 10.8. The number of methoxy groups -OCH3 is 1. The van der Waals surface area contributed by atoms with Gasteiger partial charge in [-0.1, -0.05) is 19.1 Å². The number of halogens is 1. The Morgan fingerprint density at radius 1 is 1.06 bits per heavy atom. The molecule has 0 unspecified atom stereocenters. The maximum atomic E-state index is 14.6. The van der Waals surface area contributed by atoms with E-state index in [1.807, 2.05) is 18.2 Å². The number of hydrogen-bond acceptors (Lipinski definition) is 4. The first-order valence-corrected chi connectivity index (χ1v) is 10.8. The Kier molecular flexibility index (Phi) is 6.00. The molecular formula is C26H26FN3O2. The van der Waals surface area contributed by atoms with Crippen molar-refractivity contribution in [1.29, 1.82) is 5.26 Å². The van der Waals surface area contributed by atoms with Crippen LogP contribution in [0.3, 0.4) is 0 Å². The summed E-state index contributed by atoms with van der Waals surface area (Å²) in [6.45, 7) is 3.90. The van der Waals surface area contributed by atoms with Crippen molar-refractivity contribution in [2.75, 3.05) is 25.1 Å². The van der Waals surface area contributed by atoms with Crippen LogP contribution in [-0.4, -0.2) is 24.8 Å². The molecule has 1 aromatic heterocycles. The Labute approximate surface area is 187 Å². The van der Waals surface area contributed by atoms with Crippen molar-refractivity contribution < 1.29 is 9.13 Å². The average Bonchev–Trinajstić information content (AvgIpc) is 2.81. The molecule has 4 rings (SSSR count). The molecule has 5 nitrogen and oxygen atoms in total. The van der Waals surface area contributed by atoms with Crippen molar-refractivity contribution >= 4 is 5.69 Å². The van der Waals surface area contributed by atoms with Gasteiger partial charge in [0.1, 0.15) is 5.69 Å². The van der Waals surface area contributed by atoms with E-state index in [-0.39, 0.29) is 11.3 Å². The lowest BCUT2D eigenvalue weighted by atomic mass is 9.95. The molecule has 2 aromatic carbocycles. The Balaban J connectivity index is 1.93. The second-order valence-electron chi connectivity index (χ2n) is 8.36. The lowest BCUT2D eigenvalue weighted by molar-refractivity contribution is 0.386. The minimum atomic E-state index is -0.489. The Bertz CT molecular complexity index is 1230. The summed E-state index contributed by atoms with van der Waals surface area (Å²) >= 11 is 0. The van der Waals surface area contributed by atoms with Gasteiger partial charge in [-0.15, -0.1) is 0 Å². The predicted molar refractivity (Wildman–Crippen MR) is 124 cm³/mol. The number of nitriles is 1. The van der Waals surface area contributed by atoms with Crippen LogP contribution in [-0.2, 0) is 7.05 Å². The van der Waals surface area contributed by atoms with Crippen LogP contribution in [0.5, 0.6) is 5.75 Å². The summed E-state index contributed by atoms with van der Waals surface area (Å²) in [5.74, 6) is 0.310. The Morgan fingerprint density at radius 3 is 2.31 bits per heavy atom. The van der Waals surface area contributed by atoms with E-state index in [1.165, 1.54) is 13.2 Å². The molecule has 0 bridgehead atoms. The number of aromatic nitrogens is 1. The molecule has 0 spiro atoms. The van der Waals surface area contributed by atoms with Crippen LogP contribution < -0.4 is 15.2 Å². The lowest BCUT2D eigenvalue weighted by Crippen LogP contribution is -2.37. The van der Waals surface area contributed by atoms with Crippen LogP contribution in [0.4, 0.5) is 10.1 Å². The summed E-state index contributed by atoms with van der Waals surface area (Å²) in [6, 6.07) is 16.0. The van der Waals surface area contributed by atoms with E-state index in [0.29, 0.717) is 28.4 Å². The Hall–Kier alpha value is -3.59. The number of benzene rings is 2. The van der Waals surface area contributed by atoms with Gasteiger partial charge in [0.2, 0.25) is 0 Å². The molecular weight excluding hydrogens is 405 g/mol. The minimum Gasteiger partial charge on any atom is -0.494 e. The minimum absolute atomic E-state index is 0.108. The van der Waals surface area contributed by atoms with E-state index in [2.05, 4.69) is 17.9 Å². The molecule has 1 saturated heterocycles. The standard InChI is InChI=1S/C26H26FN3O2/c1-17-10-12-30(13-11-17)23-15-21(19-6-4-18(16-28)5-7-19)25(29(2)26(23)31)20-8-9-24(32-3)22(27)14-20/h4-9,14-15,17H,10-13H2,1-3H3. The molecule has 1 aliphatic heterocycles. The van der Waals surface area contributed by atoms with Crippen molar-refractivity contribution in [1.82, 2.24) is 4.57 Å². The highest BCUT2D eigenvalue weighted by atomic mass is 19.1. The summed E-state index contributed by atoms with van der Waals surface area (Å²) in [6.07, 6.45) is 2.08. The second-order valence-corrected chi connectivity index (χ2v) is 8.36. The van der Waals surface area contributed by atoms with Gasteiger partial charge in [0.05, 0.1) is 24.4 Å². The van der Waals surface area contributed by atoms with E-state index in [1.54, 1.807) is 35.9 Å². The van der Waals surface area contributed by atoms with Crippen molar-refractivity contribution in [2.24, 2.45) is 13.0 Å². The fraction of sp³-hybridized carbons (Fsp3) is 0.308. The number of ether oxygens (including phenoxy) is 1. The van der Waals surface area contributed by atoms with Gasteiger partial charge in [0.25, 0.3) is 5.56 Å². The van der Waals surface area contributed by atoms with Crippen LogP contribution >= 0.6 is 0 Å². The first kappa shape index (κ1) is 21.6. The molecule has 0 saturated carbocycles. The van der Waals surface area contributed by atoms with Crippen molar-refractivity contribution in [3.8, 4) is 34.2 Å². The van der Waals surface area contributed by atoms with Crippen LogP contribution in [0.2, 0.25) is 0 Å². The lowest BCUT2D eigenvalue weighted by Gasteiger charge is -2.32. The van der Waals surface area contributed by atoms with Crippen LogP contribution in [0, 0.1) is 23.1 Å². The van der Waals surface area contributed by atoms with Gasteiger partial charge >= 0.3 is 0 Å². The molecule has 0 radical (unpaired) electrons. The Morgan fingerprint density at radius 2 is 1.72 bits per heavy atom. The molecule has 1 aliphatic rings. The van der Waals surface area contributed by atoms with E-state index in [4.69, 9.17) is 4.74 Å². The van der Waals surface area contributed by atoms with E-state index < -0.39 is 5.82 Å². The number of nitrogens with zero attached hydrogens (tertiary/aromatic N) is 3. The topological polar surface area (TPSA) is 58.3 Å². The summed E-state index contributed by atoms with van der Waals surface area (Å²) in [5, 5.41) is 9.17. The van der Waals surface area contributed by atoms with Crippen molar-refractivity contribution in [3.63, 3.8) is 0 Å². The zero-order valence-electron chi connectivity index (χ0n) is 18.6. The SMILES string of the molecule is COc1ccc(-c2c(-c3ccc(C#N)cc3)cc(N3CCC(C)CC3)c(=O)n2C)cc1F. The zero-order valence-corrected chi connectivity index (χ0v) is 18.6. The number of pyridine rings is 1. The molecule has 2 heterocycles. The monoisotopic (exact) mass is 431 g/mol. The molecule has 32 heavy (non-hydrogen) atoms. The van der Waals surface area contributed by atoms with Crippen LogP contribution in [0.25, 0.3) is 22.4 Å². The summed E-state index contributed by atoms with van der Waals surface area (Å²) in [4.78, 5) is 15.5. The second kappa shape index (κ2) is 8.88. The maximum absolute atomic E-state index is 14.6. The third kappa shape index (κ3) is 3.99. The summed E-state index contributed by atoms with van der Waals surface area (Å²) in [7, 11) is 3.15. The van der Waals surface area contributed by atoms with Crippen LogP contribution in [0.15, 0.2) is 53.3 Å². The third-order valence-electron chi connectivity index (χ3n) is 6.27. The first-order chi connectivity index (χ1) is 15.4. The number of piperidine rings is 1. The van der Waals surface area contributed by atoms with Gasteiger partial charge in [-0.2, -0.15) is 5.26 Å². The number of anilines is 1. The molecule has 0 N–H and O–H groups in total. The molecule has 3 aromatic rings. The van der Waals surface area contributed by atoms with E-state index >= 15 is 0 Å². The highest BCUT2D eigenvalue weighted by molar-refractivity contribution is 5.84.